The molecular formula is C32H43N3O. The van der Waals surface area contributed by atoms with Gasteiger partial charge in [0.15, 0.2) is 0 Å². The van der Waals surface area contributed by atoms with Gasteiger partial charge in [-0.1, -0.05) is 55.8 Å². The van der Waals surface area contributed by atoms with E-state index in [4.69, 9.17) is 0 Å². The number of piperidine rings is 2. The molecule has 3 atom stereocenters. The second kappa shape index (κ2) is 11.7. The Balaban J connectivity index is 1.45. The molecule has 2 aromatic carbocycles. The Labute approximate surface area is 218 Å². The van der Waals surface area contributed by atoms with Crippen molar-refractivity contribution < 1.29 is 4.79 Å². The molecule has 0 saturated carbocycles. The van der Waals surface area contributed by atoms with Crippen LogP contribution < -0.4 is 0 Å². The monoisotopic (exact) mass is 485 g/mol. The predicted molar refractivity (Wildman–Crippen MR) is 148 cm³/mol. The summed E-state index contributed by atoms with van der Waals surface area (Å²) in [7, 11) is 0. The summed E-state index contributed by atoms with van der Waals surface area (Å²) in [5.74, 6) is 0.189. The molecule has 3 fully saturated rings. The van der Waals surface area contributed by atoms with Gasteiger partial charge in [0.25, 0.3) is 5.91 Å². The number of hydrogen-bond acceptors (Lipinski definition) is 3. The maximum absolute atomic E-state index is 13.1. The maximum atomic E-state index is 13.1. The highest BCUT2D eigenvalue weighted by Crippen LogP contribution is 2.36. The molecule has 2 bridgehead atoms. The second-order valence-electron chi connectivity index (χ2n) is 11.0. The number of carbonyl (C=O) groups is 1. The zero-order valence-corrected chi connectivity index (χ0v) is 22.1. The molecule has 2 aromatic rings. The third-order valence-corrected chi connectivity index (χ3v) is 8.70. The highest BCUT2D eigenvalue weighted by Gasteiger charge is 2.36. The van der Waals surface area contributed by atoms with E-state index in [1.54, 1.807) is 0 Å². The lowest BCUT2D eigenvalue weighted by Crippen LogP contribution is -2.48. The maximum Gasteiger partial charge on any atom is 0.253 e. The zero-order chi connectivity index (χ0) is 24.9. The summed E-state index contributed by atoms with van der Waals surface area (Å²) in [5, 5.41) is 0. The Hall–Kier alpha value is -2.43. The van der Waals surface area contributed by atoms with Crippen molar-refractivity contribution in [3.8, 4) is 0 Å². The van der Waals surface area contributed by atoms with E-state index in [1.165, 1.54) is 48.8 Å². The minimum absolute atomic E-state index is 0.189. The Kier molecular flexibility index (Phi) is 8.23. The number of rotatable bonds is 7. The first-order chi connectivity index (χ1) is 17.7. The number of aryl methyl sites for hydroxylation is 1. The van der Waals surface area contributed by atoms with Crippen LogP contribution in [0.1, 0.15) is 85.0 Å². The Bertz CT molecular complexity index is 1030. The summed E-state index contributed by atoms with van der Waals surface area (Å²) >= 11 is 0. The largest absolute Gasteiger partial charge is 0.339 e. The quantitative estimate of drug-likeness (QED) is 0.445. The summed E-state index contributed by atoms with van der Waals surface area (Å²) in [5.41, 5.74) is 4.88. The average Bonchev–Trinajstić information content (AvgIpc) is 3.01. The number of fused-ring (bicyclic) bond motifs is 2. The van der Waals surface area contributed by atoms with Crippen LogP contribution in [0.15, 0.2) is 61.2 Å². The van der Waals surface area contributed by atoms with Crippen LogP contribution in [0.4, 0.5) is 0 Å². The van der Waals surface area contributed by atoms with Crippen molar-refractivity contribution >= 4 is 5.91 Å². The average molecular weight is 486 g/mol. The van der Waals surface area contributed by atoms with Gasteiger partial charge < -0.3 is 4.90 Å². The lowest BCUT2D eigenvalue weighted by molar-refractivity contribution is 0.0724. The van der Waals surface area contributed by atoms with Crippen molar-refractivity contribution in [2.75, 3.05) is 32.7 Å². The molecule has 3 saturated heterocycles. The number of nitrogens with zero attached hydrogens (tertiary/aromatic N) is 3. The minimum Gasteiger partial charge on any atom is -0.339 e. The van der Waals surface area contributed by atoms with Gasteiger partial charge in [-0.25, -0.2) is 0 Å². The highest BCUT2D eigenvalue weighted by molar-refractivity contribution is 5.94. The van der Waals surface area contributed by atoms with E-state index in [9.17, 15) is 4.79 Å². The molecule has 0 spiro atoms. The van der Waals surface area contributed by atoms with Crippen molar-refractivity contribution in [1.82, 2.24) is 14.7 Å². The number of carbonyl (C=O) groups excluding carboxylic acids is 1. The van der Waals surface area contributed by atoms with Gasteiger partial charge in [0.2, 0.25) is 0 Å². The molecule has 192 valence electrons. The van der Waals surface area contributed by atoms with Gasteiger partial charge in [0, 0.05) is 50.4 Å². The molecule has 5 rings (SSSR count). The van der Waals surface area contributed by atoms with Crippen LogP contribution in [0.25, 0.3) is 0 Å². The fourth-order valence-corrected chi connectivity index (χ4v) is 6.77. The zero-order valence-electron chi connectivity index (χ0n) is 22.1. The summed E-state index contributed by atoms with van der Waals surface area (Å²) in [6, 6.07) is 19.2. The van der Waals surface area contributed by atoms with Crippen LogP contribution in [-0.4, -0.2) is 65.4 Å². The Morgan fingerprint density at radius 3 is 2.47 bits per heavy atom. The molecule has 3 unspecified atom stereocenters. The number of benzene rings is 2. The number of likely N-dealkylation sites (tertiary alicyclic amines) is 1. The molecule has 3 aliphatic heterocycles. The van der Waals surface area contributed by atoms with Crippen LogP contribution in [-0.2, 0) is 6.42 Å². The van der Waals surface area contributed by atoms with Crippen LogP contribution >= 0.6 is 0 Å². The first-order valence-electron chi connectivity index (χ1n) is 14.3. The molecule has 3 aliphatic rings. The number of hydrogen-bond donors (Lipinski definition) is 0. The molecular weight excluding hydrogens is 442 g/mol. The summed E-state index contributed by atoms with van der Waals surface area (Å²) < 4.78 is 0. The van der Waals surface area contributed by atoms with Crippen molar-refractivity contribution in [2.45, 2.75) is 76.4 Å². The third kappa shape index (κ3) is 5.45. The molecule has 0 aromatic heterocycles. The van der Waals surface area contributed by atoms with Gasteiger partial charge in [-0.15, -0.1) is 6.58 Å². The first-order valence-corrected chi connectivity index (χ1v) is 14.3. The highest BCUT2D eigenvalue weighted by atomic mass is 16.2. The molecule has 3 heterocycles. The molecule has 0 N–H and O–H groups in total. The third-order valence-electron chi connectivity index (χ3n) is 8.70. The lowest BCUT2D eigenvalue weighted by Gasteiger charge is -2.41. The fraction of sp³-hybridized carbons (Fsp3) is 0.531. The predicted octanol–water partition coefficient (Wildman–Crippen LogP) is 6.08. The van der Waals surface area contributed by atoms with Gasteiger partial charge in [-0.3, -0.25) is 14.6 Å². The molecule has 1 amide bonds. The molecule has 0 aliphatic carbocycles. The fourth-order valence-electron chi connectivity index (χ4n) is 6.77. The molecule has 4 heteroatoms. The standard InChI is InChI=1S/C32H43N3O/c1-3-19-35-29-12-9-13-30(35)24-34(22-18-29)31(28-11-8-10-25(4-2)23-28)26-14-16-27(17-15-26)32(36)33-20-6-5-7-21-33/h3,8,10-11,14-17,23,29-31H,1,4-7,9,12-13,18-22,24H2,2H3. The van der Waals surface area contributed by atoms with E-state index in [0.29, 0.717) is 12.1 Å². The van der Waals surface area contributed by atoms with Crippen LogP contribution in [0, 0.1) is 0 Å². The topological polar surface area (TPSA) is 26.8 Å². The lowest BCUT2D eigenvalue weighted by atomic mass is 9.93. The normalized spacial score (nSPS) is 24.2. The molecule has 0 radical (unpaired) electrons. The van der Waals surface area contributed by atoms with Gasteiger partial charge >= 0.3 is 0 Å². The summed E-state index contributed by atoms with van der Waals surface area (Å²) in [6.45, 7) is 11.2. The van der Waals surface area contributed by atoms with Crippen molar-refractivity contribution in [3.63, 3.8) is 0 Å². The van der Waals surface area contributed by atoms with Gasteiger partial charge in [-0.2, -0.15) is 0 Å². The van der Waals surface area contributed by atoms with Gasteiger partial charge in [0.1, 0.15) is 0 Å². The van der Waals surface area contributed by atoms with Gasteiger partial charge in [-0.05, 0) is 73.8 Å². The number of amides is 1. The van der Waals surface area contributed by atoms with Crippen LogP contribution in [0.2, 0.25) is 0 Å². The van der Waals surface area contributed by atoms with E-state index in [0.717, 1.165) is 57.5 Å². The van der Waals surface area contributed by atoms with Crippen molar-refractivity contribution in [3.05, 3.63) is 83.4 Å². The summed E-state index contributed by atoms with van der Waals surface area (Å²) in [6.07, 6.45) is 11.7. The Morgan fingerprint density at radius 1 is 0.944 bits per heavy atom. The van der Waals surface area contributed by atoms with Crippen molar-refractivity contribution in [2.24, 2.45) is 0 Å². The van der Waals surface area contributed by atoms with Crippen LogP contribution in [0.3, 0.4) is 0 Å². The van der Waals surface area contributed by atoms with Crippen LogP contribution in [0.5, 0.6) is 0 Å². The smallest absolute Gasteiger partial charge is 0.253 e. The van der Waals surface area contributed by atoms with E-state index < -0.39 is 0 Å². The SMILES string of the molecule is C=CCN1C2CCCC1CN(C(c1ccc(C(=O)N3CCCCC3)cc1)c1cccc(CC)c1)CC2. The van der Waals surface area contributed by atoms with E-state index in [1.807, 2.05) is 4.90 Å². The van der Waals surface area contributed by atoms with Gasteiger partial charge in [0.05, 0.1) is 6.04 Å². The minimum atomic E-state index is 0.189. The Morgan fingerprint density at radius 2 is 1.72 bits per heavy atom. The first kappa shape index (κ1) is 25.2. The molecule has 36 heavy (non-hydrogen) atoms. The van der Waals surface area contributed by atoms with E-state index in [-0.39, 0.29) is 11.9 Å². The van der Waals surface area contributed by atoms with E-state index >= 15 is 0 Å². The second-order valence-corrected chi connectivity index (χ2v) is 11.0. The summed E-state index contributed by atoms with van der Waals surface area (Å²) in [4.78, 5) is 20.6. The molecule has 4 nitrogen and oxygen atoms in total. The van der Waals surface area contributed by atoms with E-state index in [2.05, 4.69) is 77.9 Å². The van der Waals surface area contributed by atoms with Crippen molar-refractivity contribution in [1.29, 1.82) is 0 Å².